The Balaban J connectivity index is 2.08. The van der Waals surface area contributed by atoms with Crippen molar-refractivity contribution in [1.29, 1.82) is 0 Å². The summed E-state index contributed by atoms with van der Waals surface area (Å²) >= 11 is 0. The minimum atomic E-state index is 0.729. The normalized spacial score (nSPS) is 22.1. The van der Waals surface area contributed by atoms with Gasteiger partial charge in [-0.1, -0.05) is 33.1 Å². The molecule has 1 fully saturated rings. The van der Waals surface area contributed by atoms with E-state index in [-0.39, 0.29) is 0 Å². The predicted molar refractivity (Wildman–Crippen MR) is 88.2 cm³/mol. The average Bonchev–Trinajstić information content (AvgIpc) is 2.49. The average molecular weight is 291 g/mol. The van der Waals surface area contributed by atoms with E-state index in [2.05, 4.69) is 34.6 Å². The minimum Gasteiger partial charge on any atom is -0.369 e. The largest absolute Gasteiger partial charge is 0.369 e. The zero-order valence-corrected chi connectivity index (χ0v) is 13.6. The lowest BCUT2D eigenvalue weighted by Gasteiger charge is -2.29. The Morgan fingerprint density at radius 1 is 1.19 bits per heavy atom. The third kappa shape index (κ3) is 4.06. The van der Waals surface area contributed by atoms with Gasteiger partial charge in [0, 0.05) is 18.5 Å². The van der Waals surface area contributed by atoms with E-state index < -0.39 is 0 Å². The van der Waals surface area contributed by atoms with Crippen LogP contribution in [0.2, 0.25) is 0 Å². The molecule has 2 atom stereocenters. The van der Waals surface area contributed by atoms with Gasteiger partial charge in [0.05, 0.1) is 0 Å². The van der Waals surface area contributed by atoms with E-state index >= 15 is 0 Å². The molecule has 0 spiro atoms. The number of nitrogens with zero attached hydrogens (tertiary/aromatic N) is 2. The summed E-state index contributed by atoms with van der Waals surface area (Å²) < 4.78 is 0. The second kappa shape index (κ2) is 7.59. The molecule has 4 N–H and O–H groups in total. The van der Waals surface area contributed by atoms with E-state index in [1.165, 1.54) is 25.7 Å². The van der Waals surface area contributed by atoms with Crippen LogP contribution in [0.15, 0.2) is 0 Å². The van der Waals surface area contributed by atoms with Gasteiger partial charge < -0.3 is 10.7 Å². The molecule has 21 heavy (non-hydrogen) atoms. The summed E-state index contributed by atoms with van der Waals surface area (Å²) in [6, 6.07) is 0. The summed E-state index contributed by atoms with van der Waals surface area (Å²) in [5.41, 5.74) is 3.69. The highest BCUT2D eigenvalue weighted by molar-refractivity contribution is 5.56. The summed E-state index contributed by atoms with van der Waals surface area (Å²) in [4.78, 5) is 9.13. The Morgan fingerprint density at radius 2 is 1.90 bits per heavy atom. The Labute approximate surface area is 128 Å². The van der Waals surface area contributed by atoms with Crippen molar-refractivity contribution in [2.24, 2.45) is 17.7 Å². The molecule has 1 aliphatic carbocycles. The first-order valence-corrected chi connectivity index (χ1v) is 8.23. The molecule has 5 heteroatoms. The second-order valence-corrected chi connectivity index (χ2v) is 6.26. The van der Waals surface area contributed by atoms with Crippen molar-refractivity contribution in [2.75, 3.05) is 17.3 Å². The maximum atomic E-state index is 5.58. The van der Waals surface area contributed by atoms with Crippen LogP contribution < -0.4 is 16.6 Å². The van der Waals surface area contributed by atoms with Crippen LogP contribution in [0.1, 0.15) is 57.3 Å². The summed E-state index contributed by atoms with van der Waals surface area (Å²) in [7, 11) is 0. The van der Waals surface area contributed by atoms with E-state index in [0.717, 1.165) is 54.2 Å². The van der Waals surface area contributed by atoms with Gasteiger partial charge in [0.2, 0.25) is 0 Å². The molecule has 1 aliphatic rings. The van der Waals surface area contributed by atoms with Crippen LogP contribution in [-0.4, -0.2) is 16.5 Å². The molecule has 1 saturated carbocycles. The lowest BCUT2D eigenvalue weighted by molar-refractivity contribution is 0.268. The van der Waals surface area contributed by atoms with E-state index in [9.17, 15) is 0 Å². The fraction of sp³-hybridized carbons (Fsp3) is 0.750. The van der Waals surface area contributed by atoms with Crippen molar-refractivity contribution >= 4 is 11.6 Å². The number of hydrogen-bond donors (Lipinski definition) is 3. The molecule has 0 amide bonds. The van der Waals surface area contributed by atoms with Gasteiger partial charge in [0.1, 0.15) is 17.5 Å². The van der Waals surface area contributed by atoms with Gasteiger partial charge in [-0.05, 0) is 31.6 Å². The molecule has 2 rings (SSSR count). The predicted octanol–water partition coefficient (Wildman–Crippen LogP) is 3.26. The Morgan fingerprint density at radius 3 is 2.57 bits per heavy atom. The molecule has 0 saturated heterocycles. The minimum absolute atomic E-state index is 0.729. The Kier molecular flexibility index (Phi) is 5.79. The first kappa shape index (κ1) is 16.0. The van der Waals surface area contributed by atoms with Gasteiger partial charge in [-0.3, -0.25) is 0 Å². The maximum absolute atomic E-state index is 5.58. The van der Waals surface area contributed by atoms with Crippen LogP contribution in [0.5, 0.6) is 0 Å². The van der Waals surface area contributed by atoms with Crippen LogP contribution in [0.25, 0.3) is 0 Å². The summed E-state index contributed by atoms with van der Waals surface area (Å²) in [5.74, 6) is 9.64. The van der Waals surface area contributed by atoms with Crippen molar-refractivity contribution in [1.82, 2.24) is 9.97 Å². The molecule has 5 nitrogen and oxygen atoms in total. The Hall–Kier alpha value is -1.36. The number of hydrazine groups is 1. The number of aryl methyl sites for hydroxylation is 1. The van der Waals surface area contributed by atoms with Crippen molar-refractivity contribution in [2.45, 2.75) is 59.3 Å². The van der Waals surface area contributed by atoms with Crippen LogP contribution in [0.4, 0.5) is 11.6 Å². The monoisotopic (exact) mass is 291 g/mol. The summed E-state index contributed by atoms with van der Waals surface area (Å²) in [6.07, 6.45) is 7.33. The van der Waals surface area contributed by atoms with Gasteiger partial charge in [0.25, 0.3) is 0 Å². The second-order valence-electron chi connectivity index (χ2n) is 6.26. The number of nitrogen functional groups attached to an aromatic ring is 1. The number of aromatic nitrogens is 2. The third-order valence-corrected chi connectivity index (χ3v) is 4.62. The van der Waals surface area contributed by atoms with Crippen LogP contribution in [-0.2, 0) is 6.42 Å². The first-order chi connectivity index (χ1) is 10.2. The molecule has 1 heterocycles. The molecule has 1 aromatic heterocycles. The van der Waals surface area contributed by atoms with Crippen molar-refractivity contribution < 1.29 is 0 Å². The van der Waals surface area contributed by atoms with Crippen molar-refractivity contribution in [3.63, 3.8) is 0 Å². The number of nitrogens with two attached hydrogens (primary N) is 1. The maximum Gasteiger partial charge on any atom is 0.148 e. The van der Waals surface area contributed by atoms with E-state index in [1.54, 1.807) is 0 Å². The molecule has 118 valence electrons. The van der Waals surface area contributed by atoms with Gasteiger partial charge >= 0.3 is 0 Å². The van der Waals surface area contributed by atoms with Crippen LogP contribution in [0.3, 0.4) is 0 Å². The van der Waals surface area contributed by atoms with E-state index in [0.29, 0.717) is 0 Å². The number of rotatable bonds is 6. The smallest absolute Gasteiger partial charge is 0.148 e. The number of anilines is 2. The Bertz CT molecular complexity index is 460. The standard InChI is InChI=1S/C16H29N5/c1-4-7-14-19-15(12(3)16(20-14)21-17)18-10-13-9-6-5-8-11(13)2/h11,13H,4-10,17H2,1-3H3,(H2,18,19,20,21). The number of hydrogen-bond acceptors (Lipinski definition) is 5. The molecule has 2 unspecified atom stereocenters. The van der Waals surface area contributed by atoms with E-state index in [1.807, 2.05) is 6.92 Å². The third-order valence-electron chi connectivity index (χ3n) is 4.62. The van der Waals surface area contributed by atoms with Gasteiger partial charge in [-0.2, -0.15) is 0 Å². The highest BCUT2D eigenvalue weighted by Gasteiger charge is 2.21. The highest BCUT2D eigenvalue weighted by Crippen LogP contribution is 2.30. The fourth-order valence-electron chi connectivity index (χ4n) is 3.14. The lowest BCUT2D eigenvalue weighted by atomic mass is 9.80. The quantitative estimate of drug-likeness (QED) is 0.554. The highest BCUT2D eigenvalue weighted by atomic mass is 15.3. The van der Waals surface area contributed by atoms with Crippen LogP contribution >= 0.6 is 0 Å². The molecule has 1 aromatic rings. The molecule has 0 aliphatic heterocycles. The molecule has 0 aromatic carbocycles. The molecular formula is C16H29N5. The zero-order valence-electron chi connectivity index (χ0n) is 13.6. The summed E-state index contributed by atoms with van der Waals surface area (Å²) in [5, 5.41) is 3.54. The van der Waals surface area contributed by atoms with Crippen LogP contribution in [0, 0.1) is 18.8 Å². The molecular weight excluding hydrogens is 262 g/mol. The first-order valence-electron chi connectivity index (χ1n) is 8.23. The van der Waals surface area contributed by atoms with E-state index in [4.69, 9.17) is 5.84 Å². The van der Waals surface area contributed by atoms with Crippen molar-refractivity contribution in [3.8, 4) is 0 Å². The topological polar surface area (TPSA) is 75.9 Å². The SMILES string of the molecule is CCCc1nc(NN)c(C)c(NCC2CCCCC2C)n1. The molecule has 0 radical (unpaired) electrons. The van der Waals surface area contributed by atoms with Gasteiger partial charge in [0.15, 0.2) is 0 Å². The summed E-state index contributed by atoms with van der Waals surface area (Å²) in [6.45, 7) is 7.51. The molecule has 0 bridgehead atoms. The van der Waals surface area contributed by atoms with Gasteiger partial charge in [-0.15, -0.1) is 0 Å². The van der Waals surface area contributed by atoms with Crippen molar-refractivity contribution in [3.05, 3.63) is 11.4 Å². The number of nitrogens with one attached hydrogen (secondary N) is 2. The lowest BCUT2D eigenvalue weighted by Crippen LogP contribution is -2.25. The fourth-order valence-corrected chi connectivity index (χ4v) is 3.14. The zero-order chi connectivity index (χ0) is 15.2. The van der Waals surface area contributed by atoms with Gasteiger partial charge in [-0.25, -0.2) is 15.8 Å².